The molecule has 80 valence electrons. The Balaban J connectivity index is 2.14. The second-order valence-electron chi connectivity index (χ2n) is 3.21. The lowest BCUT2D eigenvalue weighted by atomic mass is 10.1. The number of nitrogens with one attached hydrogen (secondary N) is 2. The number of thiophene rings is 1. The molecule has 1 amide bonds. The normalized spacial score (nSPS) is 14.3. The van der Waals surface area contributed by atoms with Crippen LogP contribution in [-0.2, 0) is 13.0 Å². The van der Waals surface area contributed by atoms with Crippen molar-refractivity contribution in [3.8, 4) is 0 Å². The molecule has 3 N–H and O–H groups in total. The zero-order valence-corrected chi connectivity index (χ0v) is 9.50. The Hall–Kier alpha value is -1.14. The molecule has 0 aliphatic carbocycles. The second kappa shape index (κ2) is 4.16. The number of carbonyl (C=O) groups is 1. The van der Waals surface area contributed by atoms with Crippen LogP contribution in [0.1, 0.15) is 15.3 Å². The van der Waals surface area contributed by atoms with Crippen molar-refractivity contribution in [3.63, 3.8) is 0 Å². The van der Waals surface area contributed by atoms with Gasteiger partial charge in [0.15, 0.2) is 0 Å². The number of hydrogen-bond donors (Lipinski definition) is 3. The van der Waals surface area contributed by atoms with Crippen molar-refractivity contribution in [2.24, 2.45) is 0 Å². The van der Waals surface area contributed by atoms with Gasteiger partial charge in [0.05, 0.1) is 6.54 Å². The molecule has 0 radical (unpaired) electrons. The number of hydrogen-bond acceptors (Lipinski definition) is 3. The Morgan fingerprint density at radius 3 is 3.20 bits per heavy atom. The van der Waals surface area contributed by atoms with E-state index in [4.69, 9.17) is 17.3 Å². The van der Waals surface area contributed by atoms with Crippen LogP contribution in [-0.4, -0.2) is 22.7 Å². The highest BCUT2D eigenvalue weighted by molar-refractivity contribution is 7.80. The fraction of sp³-hybridized carbons (Fsp3) is 0.333. The van der Waals surface area contributed by atoms with Gasteiger partial charge in [-0.1, -0.05) is 12.2 Å². The number of amides is 1. The number of thiocarbonyl (C=S) groups is 1. The number of fused-ring (bicyclic) bond motifs is 1. The third kappa shape index (κ3) is 2.27. The van der Waals surface area contributed by atoms with Crippen molar-refractivity contribution in [1.29, 1.82) is 0 Å². The summed E-state index contributed by atoms with van der Waals surface area (Å²) in [5.74, 6) is 0. The van der Waals surface area contributed by atoms with E-state index in [1.54, 1.807) is 11.3 Å². The topological polar surface area (TPSA) is 61.4 Å². The molecule has 0 saturated heterocycles. The lowest BCUT2D eigenvalue weighted by Gasteiger charge is -2.13. The van der Waals surface area contributed by atoms with Crippen LogP contribution in [0.2, 0.25) is 0 Å². The van der Waals surface area contributed by atoms with E-state index < -0.39 is 6.09 Å². The molecule has 0 aromatic carbocycles. The highest BCUT2D eigenvalue weighted by atomic mass is 32.1. The standard InChI is InChI=1S/C9H10N2O2S2/c12-9(13)11-4-5-3-6-7(15-5)1-2-10-8(6)14/h3,11H,1-2,4H2,(H,10,14)(H,12,13). The minimum Gasteiger partial charge on any atom is -0.465 e. The van der Waals surface area contributed by atoms with Crippen molar-refractivity contribution < 1.29 is 9.90 Å². The van der Waals surface area contributed by atoms with Crippen LogP contribution in [0, 0.1) is 0 Å². The van der Waals surface area contributed by atoms with Gasteiger partial charge in [-0.05, 0) is 12.5 Å². The highest BCUT2D eigenvalue weighted by Gasteiger charge is 2.17. The maximum Gasteiger partial charge on any atom is 0.404 e. The first-order chi connectivity index (χ1) is 7.16. The van der Waals surface area contributed by atoms with E-state index in [2.05, 4.69) is 10.6 Å². The summed E-state index contributed by atoms with van der Waals surface area (Å²) in [6.07, 6.45) is -0.0326. The van der Waals surface area contributed by atoms with Gasteiger partial charge < -0.3 is 15.7 Å². The van der Waals surface area contributed by atoms with Crippen molar-refractivity contribution in [2.75, 3.05) is 6.54 Å². The van der Waals surface area contributed by atoms with Gasteiger partial charge in [-0.15, -0.1) is 11.3 Å². The van der Waals surface area contributed by atoms with E-state index >= 15 is 0 Å². The Labute approximate surface area is 96.3 Å². The van der Waals surface area contributed by atoms with E-state index in [0.717, 1.165) is 28.4 Å². The van der Waals surface area contributed by atoms with E-state index in [-0.39, 0.29) is 0 Å². The molecule has 0 saturated carbocycles. The smallest absolute Gasteiger partial charge is 0.404 e. The fourth-order valence-electron chi connectivity index (χ4n) is 1.50. The Bertz CT molecular complexity index is 414. The van der Waals surface area contributed by atoms with Crippen LogP contribution >= 0.6 is 23.6 Å². The molecule has 15 heavy (non-hydrogen) atoms. The van der Waals surface area contributed by atoms with Gasteiger partial charge >= 0.3 is 6.09 Å². The summed E-state index contributed by atoms with van der Waals surface area (Å²) in [5.41, 5.74) is 1.06. The largest absolute Gasteiger partial charge is 0.465 e. The lowest BCUT2D eigenvalue weighted by Crippen LogP contribution is -2.29. The van der Waals surface area contributed by atoms with Crippen LogP contribution in [0.5, 0.6) is 0 Å². The molecular formula is C9H10N2O2S2. The monoisotopic (exact) mass is 242 g/mol. The average molecular weight is 242 g/mol. The van der Waals surface area contributed by atoms with Crippen LogP contribution in [0.4, 0.5) is 4.79 Å². The first kappa shape index (κ1) is 10.4. The Morgan fingerprint density at radius 2 is 2.53 bits per heavy atom. The van der Waals surface area contributed by atoms with Gasteiger partial charge in [0.1, 0.15) is 4.99 Å². The third-order valence-corrected chi connectivity index (χ3v) is 3.72. The molecule has 0 fully saturated rings. The van der Waals surface area contributed by atoms with Gasteiger partial charge in [-0.3, -0.25) is 0 Å². The zero-order chi connectivity index (χ0) is 10.8. The summed E-state index contributed by atoms with van der Waals surface area (Å²) in [6, 6.07) is 1.96. The second-order valence-corrected chi connectivity index (χ2v) is 4.84. The zero-order valence-electron chi connectivity index (χ0n) is 7.87. The van der Waals surface area contributed by atoms with Crippen molar-refractivity contribution in [3.05, 3.63) is 21.4 Å². The quantitative estimate of drug-likeness (QED) is 0.685. The van der Waals surface area contributed by atoms with Gasteiger partial charge in [-0.25, -0.2) is 4.79 Å². The van der Waals surface area contributed by atoms with Gasteiger partial charge in [0, 0.05) is 21.9 Å². The molecule has 1 aliphatic heterocycles. The molecule has 6 heteroatoms. The van der Waals surface area contributed by atoms with Gasteiger partial charge in [0.2, 0.25) is 0 Å². The van der Waals surface area contributed by atoms with Crippen LogP contribution in [0.3, 0.4) is 0 Å². The van der Waals surface area contributed by atoms with Gasteiger partial charge in [0.25, 0.3) is 0 Å². The van der Waals surface area contributed by atoms with Crippen LogP contribution < -0.4 is 10.6 Å². The molecule has 0 spiro atoms. The maximum absolute atomic E-state index is 10.3. The number of rotatable bonds is 2. The summed E-state index contributed by atoms with van der Waals surface area (Å²) >= 11 is 6.80. The van der Waals surface area contributed by atoms with E-state index in [1.165, 1.54) is 4.88 Å². The molecular weight excluding hydrogens is 232 g/mol. The Kier molecular flexibility index (Phi) is 2.88. The number of carboxylic acid groups (broad SMARTS) is 1. The van der Waals surface area contributed by atoms with Gasteiger partial charge in [-0.2, -0.15) is 0 Å². The van der Waals surface area contributed by atoms with Crippen LogP contribution in [0.25, 0.3) is 0 Å². The average Bonchev–Trinajstić information content (AvgIpc) is 2.59. The predicted molar refractivity (Wildman–Crippen MR) is 62.6 cm³/mol. The molecule has 4 nitrogen and oxygen atoms in total. The summed E-state index contributed by atoms with van der Waals surface area (Å²) in [5, 5.41) is 14.0. The minimum atomic E-state index is -0.998. The highest BCUT2D eigenvalue weighted by Crippen LogP contribution is 2.25. The van der Waals surface area contributed by atoms with E-state index in [9.17, 15) is 4.79 Å². The van der Waals surface area contributed by atoms with E-state index in [0.29, 0.717) is 6.54 Å². The first-order valence-electron chi connectivity index (χ1n) is 4.53. The lowest BCUT2D eigenvalue weighted by molar-refractivity contribution is 0.194. The SMILES string of the molecule is O=C(O)NCc1cc2c(s1)CCNC2=S. The minimum absolute atomic E-state index is 0.357. The fourth-order valence-corrected chi connectivity index (χ4v) is 2.96. The predicted octanol–water partition coefficient (Wildman–Crippen LogP) is 1.34. The first-order valence-corrected chi connectivity index (χ1v) is 5.76. The molecule has 2 heterocycles. The maximum atomic E-state index is 10.3. The molecule has 0 bridgehead atoms. The Morgan fingerprint density at radius 1 is 1.73 bits per heavy atom. The van der Waals surface area contributed by atoms with Crippen LogP contribution in [0.15, 0.2) is 6.07 Å². The van der Waals surface area contributed by atoms with Crippen molar-refractivity contribution >= 4 is 34.6 Å². The third-order valence-electron chi connectivity index (χ3n) is 2.16. The summed E-state index contributed by atoms with van der Waals surface area (Å²) in [6.45, 7) is 1.23. The molecule has 1 aliphatic rings. The van der Waals surface area contributed by atoms with E-state index in [1.807, 2.05) is 6.07 Å². The molecule has 0 atom stereocenters. The van der Waals surface area contributed by atoms with Crippen molar-refractivity contribution in [2.45, 2.75) is 13.0 Å². The molecule has 1 aromatic rings. The summed E-state index contributed by atoms with van der Waals surface area (Å²) < 4.78 is 0. The molecule has 2 rings (SSSR count). The molecule has 1 aromatic heterocycles. The summed E-state index contributed by atoms with van der Waals surface area (Å²) in [7, 11) is 0. The molecule has 0 unspecified atom stereocenters. The van der Waals surface area contributed by atoms with Crippen molar-refractivity contribution in [1.82, 2.24) is 10.6 Å². The summed E-state index contributed by atoms with van der Waals surface area (Å²) in [4.78, 5) is 13.4.